The van der Waals surface area contributed by atoms with E-state index >= 15 is 0 Å². The zero-order valence-electron chi connectivity index (χ0n) is 8.96. The molecule has 0 N–H and O–H groups in total. The Kier molecular flexibility index (Phi) is 5.55. The van der Waals surface area contributed by atoms with Crippen LogP contribution in [0.1, 0.15) is 20.8 Å². The minimum atomic E-state index is 0. The molecular weight excluding hydrogens is 169 g/mol. The highest BCUT2D eigenvalue weighted by Gasteiger charge is 2.23. The number of hydrogen-bond acceptors (Lipinski definition) is 0. The predicted octanol–water partition coefficient (Wildman–Crippen LogP) is 1.87. The molecule has 14 heavy (non-hydrogen) atoms. The molecule has 2 heteroatoms. The van der Waals surface area contributed by atoms with Gasteiger partial charge in [0.1, 0.15) is 5.69 Å². The molecule has 0 unspecified atom stereocenters. The van der Waals surface area contributed by atoms with Crippen molar-refractivity contribution in [2.45, 2.75) is 20.8 Å². The van der Waals surface area contributed by atoms with E-state index in [1.54, 1.807) is 0 Å². The maximum atomic E-state index is 2.26. The first-order chi connectivity index (χ1) is 6.29. The van der Waals surface area contributed by atoms with Crippen LogP contribution in [0.5, 0.6) is 0 Å². The lowest BCUT2D eigenvalue weighted by atomic mass is 10.2. The standard InChI is InChI=1S/C12H20N.BH3/c1-4-13(5-2,6-3)12-10-8-7-9-11-12;/h7-11H,4-6H2,1-3H3;1H3/q+1;. The second-order valence-corrected chi connectivity index (χ2v) is 3.43. The molecule has 1 nitrogen and oxygen atoms in total. The first-order valence-corrected chi connectivity index (χ1v) is 5.20. The van der Waals surface area contributed by atoms with Gasteiger partial charge in [0.05, 0.1) is 28.0 Å². The highest BCUT2D eigenvalue weighted by Crippen LogP contribution is 2.21. The molecule has 0 saturated carbocycles. The summed E-state index contributed by atoms with van der Waals surface area (Å²) in [6.45, 7) is 10.3. The molecule has 0 aliphatic rings. The fourth-order valence-corrected chi connectivity index (χ4v) is 1.96. The van der Waals surface area contributed by atoms with E-state index in [2.05, 4.69) is 51.1 Å². The van der Waals surface area contributed by atoms with E-state index < -0.39 is 0 Å². The molecule has 0 saturated heterocycles. The molecule has 78 valence electrons. The summed E-state index contributed by atoms with van der Waals surface area (Å²) in [4.78, 5) is 0. The Morgan fingerprint density at radius 1 is 0.857 bits per heavy atom. The van der Waals surface area contributed by atoms with E-state index in [-0.39, 0.29) is 8.41 Å². The Labute approximate surface area is 89.9 Å². The van der Waals surface area contributed by atoms with Crippen LogP contribution >= 0.6 is 0 Å². The molecule has 0 bridgehead atoms. The minimum Gasteiger partial charge on any atom is -0.292 e. The van der Waals surface area contributed by atoms with Crippen LogP contribution in [0.3, 0.4) is 0 Å². The van der Waals surface area contributed by atoms with Gasteiger partial charge in [-0.1, -0.05) is 18.2 Å². The Morgan fingerprint density at radius 2 is 1.29 bits per heavy atom. The quantitative estimate of drug-likeness (QED) is 0.504. The summed E-state index contributed by atoms with van der Waals surface area (Å²) in [6.07, 6.45) is 0. The maximum Gasteiger partial charge on any atom is 0.132 e. The van der Waals surface area contributed by atoms with E-state index in [1.165, 1.54) is 25.3 Å². The number of para-hydroxylation sites is 1. The van der Waals surface area contributed by atoms with Crippen LogP contribution in [0, 0.1) is 0 Å². The summed E-state index contributed by atoms with van der Waals surface area (Å²) in [5, 5.41) is 0. The van der Waals surface area contributed by atoms with Gasteiger partial charge in [-0.15, -0.1) is 0 Å². The number of hydrogen-bond donors (Lipinski definition) is 0. The maximum absolute atomic E-state index is 2.26. The lowest BCUT2D eigenvalue weighted by Gasteiger charge is -2.35. The van der Waals surface area contributed by atoms with Crippen molar-refractivity contribution in [1.29, 1.82) is 0 Å². The third-order valence-corrected chi connectivity index (χ3v) is 3.12. The van der Waals surface area contributed by atoms with Crippen molar-refractivity contribution >= 4 is 14.1 Å². The average molecular weight is 192 g/mol. The molecule has 0 heterocycles. The lowest BCUT2D eigenvalue weighted by molar-refractivity contribution is 0.316. The summed E-state index contributed by atoms with van der Waals surface area (Å²) in [5.41, 5.74) is 1.44. The highest BCUT2D eigenvalue weighted by molar-refractivity contribution is 5.75. The van der Waals surface area contributed by atoms with E-state index in [9.17, 15) is 0 Å². The average Bonchev–Trinajstić information content (AvgIpc) is 2.23. The predicted molar refractivity (Wildman–Crippen MR) is 69.8 cm³/mol. The topological polar surface area (TPSA) is 0 Å². The Morgan fingerprint density at radius 3 is 1.64 bits per heavy atom. The van der Waals surface area contributed by atoms with Gasteiger partial charge >= 0.3 is 0 Å². The largest absolute Gasteiger partial charge is 0.292 e. The summed E-state index contributed by atoms with van der Waals surface area (Å²) in [7, 11) is 0. The first-order valence-electron chi connectivity index (χ1n) is 5.20. The fraction of sp³-hybridized carbons (Fsp3) is 0.500. The highest BCUT2D eigenvalue weighted by atomic mass is 15.3. The fourth-order valence-electron chi connectivity index (χ4n) is 1.96. The van der Waals surface area contributed by atoms with Crippen LogP contribution in [0.15, 0.2) is 30.3 Å². The van der Waals surface area contributed by atoms with Crippen molar-refractivity contribution in [2.24, 2.45) is 0 Å². The zero-order chi connectivity index (χ0) is 9.73. The zero-order valence-corrected chi connectivity index (χ0v) is 8.96. The van der Waals surface area contributed by atoms with Crippen LogP contribution < -0.4 is 4.48 Å². The van der Waals surface area contributed by atoms with Gasteiger partial charge in [0.2, 0.25) is 0 Å². The Hall–Kier alpha value is -0.755. The van der Waals surface area contributed by atoms with Crippen LogP contribution in [-0.4, -0.2) is 28.0 Å². The molecule has 0 aromatic heterocycles. The molecule has 0 spiro atoms. The summed E-state index contributed by atoms with van der Waals surface area (Å²) >= 11 is 0. The normalized spacial score (nSPS) is 10.8. The second kappa shape index (κ2) is 5.87. The third-order valence-electron chi connectivity index (χ3n) is 3.12. The van der Waals surface area contributed by atoms with Crippen molar-refractivity contribution in [3.63, 3.8) is 0 Å². The van der Waals surface area contributed by atoms with Gasteiger partial charge in [0, 0.05) is 0 Å². The monoisotopic (exact) mass is 192 g/mol. The van der Waals surface area contributed by atoms with Gasteiger partial charge in [-0.05, 0) is 32.9 Å². The lowest BCUT2D eigenvalue weighted by Crippen LogP contribution is -2.48. The molecule has 1 rings (SSSR count). The Bertz CT molecular complexity index is 233. The molecule has 1 aromatic carbocycles. The number of nitrogens with zero attached hydrogens (tertiary/aromatic N) is 1. The summed E-state index contributed by atoms with van der Waals surface area (Å²) in [5.74, 6) is 0. The second-order valence-electron chi connectivity index (χ2n) is 3.43. The van der Waals surface area contributed by atoms with Crippen molar-refractivity contribution in [2.75, 3.05) is 19.6 Å². The van der Waals surface area contributed by atoms with Crippen LogP contribution in [0.4, 0.5) is 5.69 Å². The van der Waals surface area contributed by atoms with E-state index in [1.807, 2.05) is 0 Å². The number of quaternary nitrogens is 1. The number of rotatable bonds is 4. The molecule has 0 fully saturated rings. The molecule has 0 aliphatic heterocycles. The molecule has 0 amide bonds. The van der Waals surface area contributed by atoms with Gasteiger partial charge in [0.25, 0.3) is 0 Å². The van der Waals surface area contributed by atoms with Gasteiger partial charge in [-0.25, -0.2) is 0 Å². The summed E-state index contributed by atoms with van der Waals surface area (Å²) < 4.78 is 1.10. The van der Waals surface area contributed by atoms with Crippen LogP contribution in [0.25, 0.3) is 0 Å². The molecular formula is C12H23BN+. The van der Waals surface area contributed by atoms with Gasteiger partial charge in [-0.3, -0.25) is 4.48 Å². The van der Waals surface area contributed by atoms with Crippen molar-refractivity contribution < 1.29 is 0 Å². The summed E-state index contributed by atoms with van der Waals surface area (Å²) in [6, 6.07) is 10.8. The van der Waals surface area contributed by atoms with Gasteiger partial charge in [0.15, 0.2) is 0 Å². The minimum absolute atomic E-state index is 0. The van der Waals surface area contributed by atoms with Gasteiger partial charge < -0.3 is 0 Å². The van der Waals surface area contributed by atoms with Crippen LogP contribution in [0.2, 0.25) is 0 Å². The Balaban J connectivity index is 0.00000169. The van der Waals surface area contributed by atoms with E-state index in [4.69, 9.17) is 0 Å². The number of benzene rings is 1. The van der Waals surface area contributed by atoms with Crippen LogP contribution in [-0.2, 0) is 0 Å². The van der Waals surface area contributed by atoms with Crippen molar-refractivity contribution in [3.05, 3.63) is 30.3 Å². The molecule has 0 atom stereocenters. The molecule has 1 aromatic rings. The third kappa shape index (κ3) is 2.39. The van der Waals surface area contributed by atoms with Crippen molar-refractivity contribution in [3.8, 4) is 0 Å². The van der Waals surface area contributed by atoms with E-state index in [0.29, 0.717) is 0 Å². The SMILES string of the molecule is B.CC[N+](CC)(CC)c1ccccc1. The first kappa shape index (κ1) is 13.2. The van der Waals surface area contributed by atoms with Crippen molar-refractivity contribution in [1.82, 2.24) is 4.48 Å². The van der Waals surface area contributed by atoms with E-state index in [0.717, 1.165) is 4.48 Å². The smallest absolute Gasteiger partial charge is 0.132 e. The molecule has 0 radical (unpaired) electrons. The van der Waals surface area contributed by atoms with Gasteiger partial charge in [-0.2, -0.15) is 0 Å². The molecule has 0 aliphatic carbocycles.